The van der Waals surface area contributed by atoms with Gasteiger partial charge < -0.3 is 14.6 Å². The quantitative estimate of drug-likeness (QED) is 0.349. The summed E-state index contributed by atoms with van der Waals surface area (Å²) in [5.41, 5.74) is 1.92. The lowest BCUT2D eigenvalue weighted by atomic mass is 10.2. The molecule has 37 heavy (non-hydrogen) atoms. The van der Waals surface area contributed by atoms with Crippen molar-refractivity contribution in [3.63, 3.8) is 0 Å². The van der Waals surface area contributed by atoms with Crippen molar-refractivity contribution in [2.75, 3.05) is 14.2 Å². The minimum Gasteiger partial charge on any atom is -0.494 e. The second-order valence-electron chi connectivity index (χ2n) is 8.40. The zero-order valence-corrected chi connectivity index (χ0v) is 21.5. The van der Waals surface area contributed by atoms with Crippen LogP contribution in [0.5, 0.6) is 11.5 Å². The minimum absolute atomic E-state index is 0.0388. The Balaban J connectivity index is 1.83. The third kappa shape index (κ3) is 5.30. The van der Waals surface area contributed by atoms with E-state index in [1.165, 1.54) is 27.2 Å². The van der Waals surface area contributed by atoms with Crippen LogP contribution in [-0.2, 0) is 15.6 Å². The Bertz CT molecular complexity index is 1490. The van der Waals surface area contributed by atoms with Gasteiger partial charge in [0, 0.05) is 18.0 Å². The zero-order chi connectivity index (χ0) is 26.7. The first-order valence-electron chi connectivity index (χ1n) is 11.2. The SMILES string of the molecule is COc1cccc(OC)c1-n1c(CS(=O)(=O)[C@H](C)[C@@H](O)c2ccc(F)cn2)nnc1-c1cncc(C)c1. The third-order valence-corrected chi connectivity index (χ3v) is 7.93. The van der Waals surface area contributed by atoms with E-state index in [4.69, 9.17) is 9.47 Å². The number of hydrogen-bond donors (Lipinski definition) is 1. The zero-order valence-electron chi connectivity index (χ0n) is 20.7. The number of pyridine rings is 2. The van der Waals surface area contributed by atoms with Gasteiger partial charge in [-0.1, -0.05) is 6.07 Å². The molecule has 3 heterocycles. The molecule has 0 radical (unpaired) electrons. The number of sulfone groups is 1. The number of aliphatic hydroxyl groups is 1. The molecule has 0 amide bonds. The number of nitrogens with zero attached hydrogens (tertiary/aromatic N) is 5. The van der Waals surface area contributed by atoms with E-state index in [2.05, 4.69) is 20.2 Å². The van der Waals surface area contributed by atoms with Crippen LogP contribution in [0.15, 0.2) is 55.0 Å². The normalized spacial score (nSPS) is 13.2. The van der Waals surface area contributed by atoms with Crippen molar-refractivity contribution in [3.05, 3.63) is 77.9 Å². The Labute approximate surface area is 213 Å². The number of halogens is 1. The Morgan fingerprint density at radius 1 is 1.05 bits per heavy atom. The minimum atomic E-state index is -4.02. The molecule has 0 unspecified atom stereocenters. The summed E-state index contributed by atoms with van der Waals surface area (Å²) in [4.78, 5) is 8.05. The van der Waals surface area contributed by atoms with E-state index in [0.29, 0.717) is 28.6 Å². The van der Waals surface area contributed by atoms with Gasteiger partial charge in [0.2, 0.25) is 0 Å². The Morgan fingerprint density at radius 3 is 2.35 bits per heavy atom. The van der Waals surface area contributed by atoms with Gasteiger partial charge in [-0.15, -0.1) is 10.2 Å². The molecular weight excluding hydrogens is 501 g/mol. The summed E-state index contributed by atoms with van der Waals surface area (Å²) in [6.07, 6.45) is 2.72. The van der Waals surface area contributed by atoms with Crippen molar-refractivity contribution in [1.82, 2.24) is 24.7 Å². The monoisotopic (exact) mass is 527 g/mol. The summed E-state index contributed by atoms with van der Waals surface area (Å²) in [5, 5.41) is 17.9. The van der Waals surface area contributed by atoms with Crippen LogP contribution in [0, 0.1) is 12.7 Å². The number of aryl methyl sites for hydroxylation is 1. The van der Waals surface area contributed by atoms with Gasteiger partial charge in [0.05, 0.1) is 31.4 Å². The second kappa shape index (κ2) is 10.6. The van der Waals surface area contributed by atoms with Crippen molar-refractivity contribution in [2.45, 2.75) is 31.0 Å². The van der Waals surface area contributed by atoms with Crippen LogP contribution in [0.4, 0.5) is 4.39 Å². The van der Waals surface area contributed by atoms with E-state index >= 15 is 0 Å². The molecule has 0 aliphatic heterocycles. The molecule has 12 heteroatoms. The average molecular weight is 528 g/mol. The number of hydrogen-bond acceptors (Lipinski definition) is 9. The van der Waals surface area contributed by atoms with Crippen molar-refractivity contribution in [3.8, 4) is 28.6 Å². The number of rotatable bonds is 9. The third-order valence-electron chi connectivity index (χ3n) is 5.88. The highest BCUT2D eigenvalue weighted by molar-refractivity contribution is 7.91. The first-order chi connectivity index (χ1) is 17.7. The lowest BCUT2D eigenvalue weighted by Gasteiger charge is -2.20. The molecule has 3 aromatic heterocycles. The number of para-hydroxylation sites is 1. The molecule has 2 atom stereocenters. The van der Waals surface area contributed by atoms with E-state index in [1.54, 1.807) is 35.2 Å². The molecule has 0 fully saturated rings. The fourth-order valence-corrected chi connectivity index (χ4v) is 5.21. The molecule has 1 N–H and O–H groups in total. The summed E-state index contributed by atoms with van der Waals surface area (Å²) in [6, 6.07) is 9.36. The summed E-state index contributed by atoms with van der Waals surface area (Å²) in [5.74, 6) is 0.0536. The molecule has 1 aromatic carbocycles. The van der Waals surface area contributed by atoms with Crippen LogP contribution in [0.3, 0.4) is 0 Å². The summed E-state index contributed by atoms with van der Waals surface area (Å²) >= 11 is 0. The fraction of sp³-hybridized carbons (Fsp3) is 0.280. The Hall–Kier alpha value is -3.90. The maximum atomic E-state index is 13.5. The predicted molar refractivity (Wildman–Crippen MR) is 134 cm³/mol. The highest BCUT2D eigenvalue weighted by atomic mass is 32.2. The Kier molecular flexibility index (Phi) is 7.50. The number of aromatic nitrogens is 5. The topological polar surface area (TPSA) is 129 Å². The van der Waals surface area contributed by atoms with Crippen molar-refractivity contribution in [1.29, 1.82) is 0 Å². The molecule has 4 aromatic rings. The average Bonchev–Trinajstić information content (AvgIpc) is 3.29. The molecule has 0 bridgehead atoms. The van der Waals surface area contributed by atoms with E-state index in [-0.39, 0.29) is 11.5 Å². The van der Waals surface area contributed by atoms with Gasteiger partial charge in [0.15, 0.2) is 21.5 Å². The van der Waals surface area contributed by atoms with Crippen LogP contribution in [0.1, 0.15) is 30.1 Å². The van der Waals surface area contributed by atoms with Crippen LogP contribution in [0.2, 0.25) is 0 Å². The first kappa shape index (κ1) is 26.2. The van der Waals surface area contributed by atoms with E-state index < -0.39 is 32.8 Å². The molecule has 0 aliphatic rings. The van der Waals surface area contributed by atoms with Crippen LogP contribution in [-0.4, -0.2) is 57.7 Å². The van der Waals surface area contributed by atoms with Gasteiger partial charge in [-0.05, 0) is 49.7 Å². The molecule has 0 aliphatic carbocycles. The molecular formula is C25H26FN5O5S. The van der Waals surface area contributed by atoms with Crippen LogP contribution >= 0.6 is 0 Å². The van der Waals surface area contributed by atoms with Crippen molar-refractivity contribution >= 4 is 9.84 Å². The number of benzene rings is 1. The van der Waals surface area contributed by atoms with Crippen molar-refractivity contribution < 1.29 is 27.4 Å². The van der Waals surface area contributed by atoms with Gasteiger partial charge in [-0.2, -0.15) is 0 Å². The largest absolute Gasteiger partial charge is 0.494 e. The van der Waals surface area contributed by atoms with Gasteiger partial charge >= 0.3 is 0 Å². The Morgan fingerprint density at radius 2 is 1.76 bits per heavy atom. The number of ether oxygens (including phenoxy) is 2. The van der Waals surface area contributed by atoms with E-state index in [1.807, 2.05) is 13.0 Å². The van der Waals surface area contributed by atoms with Gasteiger partial charge in [0.25, 0.3) is 0 Å². The predicted octanol–water partition coefficient (Wildman–Crippen LogP) is 3.23. The molecule has 4 rings (SSSR count). The summed E-state index contributed by atoms with van der Waals surface area (Å²) in [7, 11) is -1.05. The molecule has 0 spiro atoms. The van der Waals surface area contributed by atoms with Crippen LogP contribution < -0.4 is 9.47 Å². The van der Waals surface area contributed by atoms with E-state index in [0.717, 1.165) is 17.8 Å². The lowest BCUT2D eigenvalue weighted by Crippen LogP contribution is -2.28. The molecule has 0 saturated carbocycles. The van der Waals surface area contributed by atoms with Gasteiger partial charge in [-0.3, -0.25) is 14.5 Å². The summed E-state index contributed by atoms with van der Waals surface area (Å²) < 4.78 is 52.9. The fourth-order valence-electron chi connectivity index (χ4n) is 3.87. The maximum Gasteiger partial charge on any atom is 0.170 e. The van der Waals surface area contributed by atoms with Crippen LogP contribution in [0.25, 0.3) is 17.1 Å². The van der Waals surface area contributed by atoms with E-state index in [9.17, 15) is 17.9 Å². The first-order valence-corrected chi connectivity index (χ1v) is 13.0. The molecule has 0 saturated heterocycles. The molecule has 194 valence electrons. The maximum absolute atomic E-state index is 13.5. The standard InChI is InChI=1S/C25H26FN5O5S/c1-15-10-17(12-27-11-15)25-30-29-22(31(25)23-20(35-3)6-5-7-21(23)36-4)14-37(33,34)16(2)24(32)19-9-8-18(26)13-28-19/h5-13,16,24,32H,14H2,1-4H3/t16-,24-/m1/s1. The second-order valence-corrected chi connectivity index (χ2v) is 10.8. The smallest absolute Gasteiger partial charge is 0.170 e. The highest BCUT2D eigenvalue weighted by Gasteiger charge is 2.33. The van der Waals surface area contributed by atoms with Gasteiger partial charge in [-0.25, -0.2) is 12.8 Å². The molecule has 10 nitrogen and oxygen atoms in total. The number of aliphatic hydroxyl groups excluding tert-OH is 1. The highest BCUT2D eigenvalue weighted by Crippen LogP contribution is 2.37. The summed E-state index contributed by atoms with van der Waals surface area (Å²) in [6.45, 7) is 3.24. The lowest BCUT2D eigenvalue weighted by molar-refractivity contribution is 0.171. The van der Waals surface area contributed by atoms with Gasteiger partial charge in [0.1, 0.15) is 34.9 Å². The van der Waals surface area contributed by atoms with Crippen molar-refractivity contribution in [2.24, 2.45) is 0 Å². The number of methoxy groups -OCH3 is 2.